The van der Waals surface area contributed by atoms with Crippen LogP contribution in [0.1, 0.15) is 24.2 Å². The lowest BCUT2D eigenvalue weighted by Gasteiger charge is -2.16. The first-order chi connectivity index (χ1) is 8.89. The molecule has 19 heavy (non-hydrogen) atoms. The normalized spacial score (nSPS) is 13.3. The molecule has 2 aromatic rings. The summed E-state index contributed by atoms with van der Waals surface area (Å²) in [5.74, 6) is 0. The van der Waals surface area contributed by atoms with Gasteiger partial charge in [-0.25, -0.2) is 0 Å². The SMILES string of the molecule is CC(c1ccnc(C(F)(F)F)c1)n1ccccc1=O. The van der Waals surface area contributed by atoms with Crippen LogP contribution in [-0.4, -0.2) is 9.55 Å². The molecular formula is C13H11F3N2O. The Morgan fingerprint density at radius 2 is 2.00 bits per heavy atom. The van der Waals surface area contributed by atoms with E-state index in [2.05, 4.69) is 4.98 Å². The van der Waals surface area contributed by atoms with Crippen LogP contribution in [0.2, 0.25) is 0 Å². The van der Waals surface area contributed by atoms with Crippen LogP contribution in [0.4, 0.5) is 13.2 Å². The largest absolute Gasteiger partial charge is 0.433 e. The predicted octanol–water partition coefficient (Wildman–Crippen LogP) is 2.87. The molecule has 0 amide bonds. The Bertz CT molecular complexity index is 634. The quantitative estimate of drug-likeness (QED) is 0.839. The molecule has 3 nitrogen and oxygen atoms in total. The van der Waals surface area contributed by atoms with Crippen molar-refractivity contribution in [3.05, 3.63) is 64.3 Å². The fourth-order valence-corrected chi connectivity index (χ4v) is 1.78. The van der Waals surface area contributed by atoms with Crippen molar-refractivity contribution in [2.75, 3.05) is 0 Å². The zero-order valence-electron chi connectivity index (χ0n) is 10.1. The van der Waals surface area contributed by atoms with E-state index in [1.165, 1.54) is 16.7 Å². The van der Waals surface area contributed by atoms with Gasteiger partial charge < -0.3 is 4.57 Å². The molecule has 6 heteroatoms. The zero-order valence-corrected chi connectivity index (χ0v) is 10.1. The Labute approximate surface area is 107 Å². The van der Waals surface area contributed by atoms with Gasteiger partial charge in [-0.3, -0.25) is 9.78 Å². The molecule has 0 bridgehead atoms. The highest BCUT2D eigenvalue weighted by Crippen LogP contribution is 2.29. The van der Waals surface area contributed by atoms with E-state index in [1.54, 1.807) is 25.3 Å². The Kier molecular flexibility index (Phi) is 3.42. The first kappa shape index (κ1) is 13.3. The van der Waals surface area contributed by atoms with E-state index in [9.17, 15) is 18.0 Å². The summed E-state index contributed by atoms with van der Waals surface area (Å²) in [5, 5.41) is 0. The molecule has 0 aliphatic heterocycles. The van der Waals surface area contributed by atoms with E-state index in [0.29, 0.717) is 5.56 Å². The summed E-state index contributed by atoms with van der Waals surface area (Å²) in [6, 6.07) is 6.55. The molecule has 2 rings (SSSR count). The molecule has 2 aromatic heterocycles. The Balaban J connectivity index is 2.43. The minimum atomic E-state index is -4.49. The molecule has 0 spiro atoms. The van der Waals surface area contributed by atoms with Gasteiger partial charge in [0.2, 0.25) is 0 Å². The van der Waals surface area contributed by atoms with Gasteiger partial charge in [-0.2, -0.15) is 13.2 Å². The highest BCUT2D eigenvalue weighted by Gasteiger charge is 2.32. The van der Waals surface area contributed by atoms with Crippen molar-refractivity contribution in [2.45, 2.75) is 19.1 Å². The molecule has 0 saturated carbocycles. The van der Waals surface area contributed by atoms with E-state index in [4.69, 9.17) is 0 Å². The third-order valence-corrected chi connectivity index (χ3v) is 2.83. The van der Waals surface area contributed by atoms with Crippen LogP contribution in [0.5, 0.6) is 0 Å². The smallest absolute Gasteiger partial charge is 0.308 e. The molecule has 0 aliphatic carbocycles. The lowest BCUT2D eigenvalue weighted by Crippen LogP contribution is -2.22. The molecule has 100 valence electrons. The number of nitrogens with zero attached hydrogens (tertiary/aromatic N) is 2. The molecule has 2 heterocycles. The van der Waals surface area contributed by atoms with Crippen molar-refractivity contribution in [3.8, 4) is 0 Å². The van der Waals surface area contributed by atoms with Gasteiger partial charge in [-0.05, 0) is 30.7 Å². The van der Waals surface area contributed by atoms with Gasteiger partial charge in [0.15, 0.2) is 0 Å². The molecular weight excluding hydrogens is 257 g/mol. The van der Waals surface area contributed by atoms with E-state index in [-0.39, 0.29) is 5.56 Å². The molecule has 0 aromatic carbocycles. The van der Waals surface area contributed by atoms with Crippen molar-refractivity contribution < 1.29 is 13.2 Å². The molecule has 0 radical (unpaired) electrons. The molecule has 1 atom stereocenters. The summed E-state index contributed by atoms with van der Waals surface area (Å²) in [6.45, 7) is 1.66. The van der Waals surface area contributed by atoms with E-state index in [1.807, 2.05) is 0 Å². The van der Waals surface area contributed by atoms with Gasteiger partial charge in [-0.1, -0.05) is 6.07 Å². The number of pyridine rings is 2. The zero-order chi connectivity index (χ0) is 14.0. The maximum absolute atomic E-state index is 12.6. The highest BCUT2D eigenvalue weighted by atomic mass is 19.4. The van der Waals surface area contributed by atoms with Crippen LogP contribution in [0.15, 0.2) is 47.5 Å². The van der Waals surface area contributed by atoms with E-state index < -0.39 is 17.9 Å². The second kappa shape index (κ2) is 4.87. The van der Waals surface area contributed by atoms with Crippen LogP contribution in [-0.2, 0) is 6.18 Å². The van der Waals surface area contributed by atoms with E-state index >= 15 is 0 Å². The van der Waals surface area contributed by atoms with Gasteiger partial charge in [-0.15, -0.1) is 0 Å². The fraction of sp³-hybridized carbons (Fsp3) is 0.231. The van der Waals surface area contributed by atoms with Crippen molar-refractivity contribution in [2.24, 2.45) is 0 Å². The third-order valence-electron chi connectivity index (χ3n) is 2.83. The Hall–Kier alpha value is -2.11. The first-order valence-corrected chi connectivity index (χ1v) is 5.60. The standard InChI is InChI=1S/C13H11F3N2O/c1-9(18-7-3-2-4-12(18)19)10-5-6-17-11(8-10)13(14,15)16/h2-9H,1H3. The summed E-state index contributed by atoms with van der Waals surface area (Å²) in [7, 11) is 0. The van der Waals surface area contributed by atoms with Crippen LogP contribution in [0.3, 0.4) is 0 Å². The third kappa shape index (κ3) is 2.83. The van der Waals surface area contributed by atoms with Crippen molar-refractivity contribution in [1.82, 2.24) is 9.55 Å². The minimum absolute atomic E-state index is 0.264. The summed E-state index contributed by atoms with van der Waals surface area (Å²) < 4.78 is 39.1. The number of alkyl halides is 3. The predicted molar refractivity (Wildman–Crippen MR) is 63.8 cm³/mol. The summed E-state index contributed by atoms with van der Waals surface area (Å²) in [6.07, 6.45) is -1.85. The number of hydrogen-bond donors (Lipinski definition) is 0. The van der Waals surface area contributed by atoms with Gasteiger partial charge in [0.25, 0.3) is 5.56 Å². The van der Waals surface area contributed by atoms with Crippen LogP contribution < -0.4 is 5.56 Å². The minimum Gasteiger partial charge on any atom is -0.308 e. The lowest BCUT2D eigenvalue weighted by molar-refractivity contribution is -0.141. The Morgan fingerprint density at radius 1 is 1.26 bits per heavy atom. The lowest BCUT2D eigenvalue weighted by atomic mass is 10.1. The fourth-order valence-electron chi connectivity index (χ4n) is 1.78. The Morgan fingerprint density at radius 3 is 2.63 bits per heavy atom. The molecule has 0 fully saturated rings. The number of rotatable bonds is 2. The maximum Gasteiger partial charge on any atom is 0.433 e. The molecule has 0 N–H and O–H groups in total. The summed E-state index contributed by atoms with van der Waals surface area (Å²) in [5.41, 5.74) is -0.836. The molecule has 0 saturated heterocycles. The second-order valence-electron chi connectivity index (χ2n) is 4.09. The first-order valence-electron chi connectivity index (χ1n) is 5.60. The summed E-state index contributed by atoms with van der Waals surface area (Å²) >= 11 is 0. The highest BCUT2D eigenvalue weighted by molar-refractivity contribution is 5.22. The second-order valence-corrected chi connectivity index (χ2v) is 4.09. The number of halogens is 3. The van der Waals surface area contributed by atoms with Gasteiger partial charge in [0, 0.05) is 18.5 Å². The molecule has 0 aliphatic rings. The van der Waals surface area contributed by atoms with Gasteiger partial charge >= 0.3 is 6.18 Å². The van der Waals surface area contributed by atoms with Crippen molar-refractivity contribution in [1.29, 1.82) is 0 Å². The molecule has 1 unspecified atom stereocenters. The number of hydrogen-bond acceptors (Lipinski definition) is 2. The van der Waals surface area contributed by atoms with Crippen molar-refractivity contribution in [3.63, 3.8) is 0 Å². The topological polar surface area (TPSA) is 34.9 Å². The van der Waals surface area contributed by atoms with Gasteiger partial charge in [0.05, 0.1) is 6.04 Å². The monoisotopic (exact) mass is 268 g/mol. The van der Waals surface area contributed by atoms with Crippen LogP contribution in [0, 0.1) is 0 Å². The number of aromatic nitrogens is 2. The van der Waals surface area contributed by atoms with Gasteiger partial charge in [0.1, 0.15) is 5.69 Å². The van der Waals surface area contributed by atoms with Crippen LogP contribution >= 0.6 is 0 Å². The maximum atomic E-state index is 12.6. The summed E-state index contributed by atoms with van der Waals surface area (Å²) in [4.78, 5) is 14.9. The van der Waals surface area contributed by atoms with E-state index in [0.717, 1.165) is 12.3 Å². The average Bonchev–Trinajstić information content (AvgIpc) is 2.38. The average molecular weight is 268 g/mol. The van der Waals surface area contributed by atoms with Crippen LogP contribution in [0.25, 0.3) is 0 Å². The van der Waals surface area contributed by atoms with Crippen molar-refractivity contribution >= 4 is 0 Å².